The highest BCUT2D eigenvalue weighted by Gasteiger charge is 2.22. The zero-order chi connectivity index (χ0) is 19.5. The number of carbonyl (C=O) groups is 1. The van der Waals surface area contributed by atoms with E-state index in [1.54, 1.807) is 30.2 Å². The van der Waals surface area contributed by atoms with Crippen molar-refractivity contribution >= 4 is 44.2 Å². The van der Waals surface area contributed by atoms with Crippen molar-refractivity contribution in [3.05, 3.63) is 88.9 Å². The lowest BCUT2D eigenvalue weighted by Gasteiger charge is -2.20. The van der Waals surface area contributed by atoms with Crippen molar-refractivity contribution < 1.29 is 9.53 Å². The molecule has 4 nitrogen and oxygen atoms in total. The van der Waals surface area contributed by atoms with Gasteiger partial charge in [0.1, 0.15) is 11.3 Å². The van der Waals surface area contributed by atoms with Crippen molar-refractivity contribution in [2.24, 2.45) is 0 Å². The SMILES string of the molecule is COc1cccc(C(=O)N(Cc2ccccc2)c2nc3c(Cl)cccc3s2)c1. The van der Waals surface area contributed by atoms with E-state index in [1.807, 2.05) is 54.6 Å². The second kappa shape index (κ2) is 8.00. The number of nitrogens with zero attached hydrogens (tertiary/aromatic N) is 2. The lowest BCUT2D eigenvalue weighted by atomic mass is 10.1. The first-order valence-electron chi connectivity index (χ1n) is 8.70. The summed E-state index contributed by atoms with van der Waals surface area (Å²) in [7, 11) is 1.58. The van der Waals surface area contributed by atoms with Gasteiger partial charge in [-0.25, -0.2) is 4.98 Å². The number of thiazole rings is 1. The van der Waals surface area contributed by atoms with E-state index >= 15 is 0 Å². The maximum Gasteiger partial charge on any atom is 0.260 e. The minimum Gasteiger partial charge on any atom is -0.497 e. The smallest absolute Gasteiger partial charge is 0.260 e. The Morgan fingerprint density at radius 1 is 1.07 bits per heavy atom. The van der Waals surface area contributed by atoms with E-state index in [9.17, 15) is 4.79 Å². The van der Waals surface area contributed by atoms with Gasteiger partial charge in [0.25, 0.3) is 5.91 Å². The molecule has 4 aromatic rings. The van der Waals surface area contributed by atoms with Crippen molar-refractivity contribution in [1.29, 1.82) is 0 Å². The Hall–Kier alpha value is -2.89. The molecule has 0 atom stereocenters. The third-order valence-electron chi connectivity index (χ3n) is 4.33. The molecule has 0 bridgehead atoms. The molecule has 1 aromatic heterocycles. The number of rotatable bonds is 5. The predicted molar refractivity (Wildman–Crippen MR) is 115 cm³/mol. The number of para-hydroxylation sites is 1. The summed E-state index contributed by atoms with van der Waals surface area (Å²) >= 11 is 7.75. The number of benzene rings is 3. The maximum absolute atomic E-state index is 13.4. The van der Waals surface area contributed by atoms with Gasteiger partial charge in [-0.3, -0.25) is 9.69 Å². The molecule has 4 rings (SSSR count). The van der Waals surface area contributed by atoms with Crippen LogP contribution in [0.1, 0.15) is 15.9 Å². The fourth-order valence-corrected chi connectivity index (χ4v) is 4.19. The Bertz CT molecular complexity index is 1130. The summed E-state index contributed by atoms with van der Waals surface area (Å²) in [5, 5.41) is 1.19. The van der Waals surface area contributed by atoms with Crippen LogP contribution in [0.3, 0.4) is 0 Å². The Labute approximate surface area is 172 Å². The number of methoxy groups -OCH3 is 1. The zero-order valence-electron chi connectivity index (χ0n) is 15.1. The molecule has 0 spiro atoms. The lowest BCUT2D eigenvalue weighted by molar-refractivity contribution is 0.0985. The Balaban J connectivity index is 1.78. The summed E-state index contributed by atoms with van der Waals surface area (Å²) in [6.07, 6.45) is 0. The van der Waals surface area contributed by atoms with Crippen LogP contribution in [0.5, 0.6) is 5.75 Å². The molecule has 140 valence electrons. The van der Waals surface area contributed by atoms with Gasteiger partial charge >= 0.3 is 0 Å². The highest BCUT2D eigenvalue weighted by molar-refractivity contribution is 7.22. The third-order valence-corrected chi connectivity index (χ3v) is 5.68. The molecular weight excluding hydrogens is 392 g/mol. The summed E-state index contributed by atoms with van der Waals surface area (Å²) in [4.78, 5) is 19.7. The predicted octanol–water partition coefficient (Wildman–Crippen LogP) is 5.81. The summed E-state index contributed by atoms with van der Waals surface area (Å²) in [6.45, 7) is 0.411. The molecule has 1 amide bonds. The van der Waals surface area contributed by atoms with Crippen LogP contribution in [0.15, 0.2) is 72.8 Å². The van der Waals surface area contributed by atoms with Crippen molar-refractivity contribution in [1.82, 2.24) is 4.98 Å². The zero-order valence-corrected chi connectivity index (χ0v) is 16.7. The first-order chi connectivity index (χ1) is 13.7. The van der Waals surface area contributed by atoms with Crippen LogP contribution >= 0.6 is 22.9 Å². The highest BCUT2D eigenvalue weighted by Crippen LogP contribution is 2.34. The minimum absolute atomic E-state index is 0.141. The second-order valence-electron chi connectivity index (χ2n) is 6.19. The molecule has 0 unspecified atom stereocenters. The Kier molecular flexibility index (Phi) is 5.28. The fourth-order valence-electron chi connectivity index (χ4n) is 2.92. The first-order valence-corrected chi connectivity index (χ1v) is 9.90. The Morgan fingerprint density at radius 3 is 2.61 bits per heavy atom. The lowest BCUT2D eigenvalue weighted by Crippen LogP contribution is -2.30. The third kappa shape index (κ3) is 3.72. The van der Waals surface area contributed by atoms with Gasteiger partial charge in [-0.2, -0.15) is 0 Å². The summed E-state index contributed by atoms with van der Waals surface area (Å²) < 4.78 is 6.21. The van der Waals surface area contributed by atoms with Crippen molar-refractivity contribution in [3.8, 4) is 5.75 Å². The monoisotopic (exact) mass is 408 g/mol. The van der Waals surface area contributed by atoms with Gasteiger partial charge in [-0.15, -0.1) is 0 Å². The molecule has 0 fully saturated rings. The number of hydrogen-bond donors (Lipinski definition) is 0. The van der Waals surface area contributed by atoms with E-state index in [0.29, 0.717) is 33.5 Å². The molecule has 0 saturated heterocycles. The van der Waals surface area contributed by atoms with E-state index in [4.69, 9.17) is 16.3 Å². The van der Waals surface area contributed by atoms with Crippen molar-refractivity contribution in [2.75, 3.05) is 12.0 Å². The number of hydrogen-bond acceptors (Lipinski definition) is 4. The van der Waals surface area contributed by atoms with Crippen LogP contribution in [0.25, 0.3) is 10.2 Å². The van der Waals surface area contributed by atoms with Crippen LogP contribution in [0.2, 0.25) is 5.02 Å². The fraction of sp³-hybridized carbons (Fsp3) is 0.0909. The van der Waals surface area contributed by atoms with E-state index in [0.717, 1.165) is 10.3 Å². The number of carbonyl (C=O) groups excluding carboxylic acids is 1. The molecule has 6 heteroatoms. The second-order valence-corrected chi connectivity index (χ2v) is 7.61. The molecule has 28 heavy (non-hydrogen) atoms. The van der Waals surface area contributed by atoms with Gasteiger partial charge in [-0.05, 0) is 35.9 Å². The molecule has 0 radical (unpaired) electrons. The number of aromatic nitrogens is 1. The number of anilines is 1. The van der Waals surface area contributed by atoms with Gasteiger partial charge in [0, 0.05) is 5.56 Å². The molecule has 1 heterocycles. The average Bonchev–Trinajstić information content (AvgIpc) is 3.18. The molecule has 0 aliphatic carbocycles. The number of fused-ring (bicyclic) bond motifs is 1. The molecule has 0 saturated carbocycles. The van der Waals surface area contributed by atoms with Crippen molar-refractivity contribution in [3.63, 3.8) is 0 Å². The van der Waals surface area contributed by atoms with Gasteiger partial charge in [-0.1, -0.05) is 65.4 Å². The van der Waals surface area contributed by atoms with E-state index in [1.165, 1.54) is 11.3 Å². The summed E-state index contributed by atoms with van der Waals surface area (Å²) in [5.41, 5.74) is 2.27. The maximum atomic E-state index is 13.4. The molecule has 0 aliphatic rings. The molecule has 0 aliphatic heterocycles. The van der Waals surface area contributed by atoms with Gasteiger partial charge in [0.05, 0.1) is 23.4 Å². The van der Waals surface area contributed by atoms with Crippen LogP contribution in [-0.4, -0.2) is 18.0 Å². The van der Waals surface area contributed by atoms with Gasteiger partial charge in [0.2, 0.25) is 0 Å². The van der Waals surface area contributed by atoms with Crippen LogP contribution in [0.4, 0.5) is 5.13 Å². The first kappa shape index (κ1) is 18.5. The van der Waals surface area contributed by atoms with Crippen LogP contribution in [-0.2, 0) is 6.54 Å². The largest absolute Gasteiger partial charge is 0.497 e. The number of ether oxygens (including phenoxy) is 1. The molecule has 0 N–H and O–H groups in total. The van der Waals surface area contributed by atoms with E-state index in [2.05, 4.69) is 4.98 Å². The van der Waals surface area contributed by atoms with Gasteiger partial charge in [0.15, 0.2) is 5.13 Å². The molecule has 3 aromatic carbocycles. The number of halogens is 1. The van der Waals surface area contributed by atoms with Gasteiger partial charge < -0.3 is 4.74 Å². The molecular formula is C22H17ClN2O2S. The van der Waals surface area contributed by atoms with Crippen LogP contribution < -0.4 is 9.64 Å². The van der Waals surface area contributed by atoms with Crippen molar-refractivity contribution in [2.45, 2.75) is 6.54 Å². The van der Waals surface area contributed by atoms with Crippen LogP contribution in [0, 0.1) is 0 Å². The normalized spacial score (nSPS) is 10.8. The topological polar surface area (TPSA) is 42.4 Å². The minimum atomic E-state index is -0.141. The quantitative estimate of drug-likeness (QED) is 0.418. The summed E-state index contributed by atoms with van der Waals surface area (Å²) in [6, 6.07) is 22.6. The Morgan fingerprint density at radius 2 is 1.86 bits per heavy atom. The standard InChI is InChI=1S/C22H17ClN2O2S/c1-27-17-10-5-9-16(13-17)21(26)25(14-15-7-3-2-4-8-15)22-24-20-18(23)11-6-12-19(20)28-22/h2-13H,14H2,1H3. The summed E-state index contributed by atoms with van der Waals surface area (Å²) in [5.74, 6) is 0.496. The highest BCUT2D eigenvalue weighted by atomic mass is 35.5. The van der Waals surface area contributed by atoms with E-state index in [-0.39, 0.29) is 5.91 Å². The average molecular weight is 409 g/mol. The number of amides is 1. The van der Waals surface area contributed by atoms with E-state index < -0.39 is 0 Å².